The molecule has 0 saturated carbocycles. The van der Waals surface area contributed by atoms with E-state index in [0.717, 1.165) is 25.6 Å². The lowest BCUT2D eigenvalue weighted by atomic mass is 9.99. The van der Waals surface area contributed by atoms with Gasteiger partial charge in [0.1, 0.15) is 0 Å². The molecule has 1 aliphatic rings. The largest absolute Gasteiger partial charge is 0.385 e. The van der Waals surface area contributed by atoms with Crippen LogP contribution in [-0.2, 0) is 4.74 Å². The summed E-state index contributed by atoms with van der Waals surface area (Å²) in [6.07, 6.45) is 6.31. The summed E-state index contributed by atoms with van der Waals surface area (Å²) in [5.74, 6) is 0. The highest BCUT2D eigenvalue weighted by Gasteiger charge is 2.29. The van der Waals surface area contributed by atoms with Gasteiger partial charge in [0, 0.05) is 44.9 Å². The number of nitrogens with zero attached hydrogens (tertiary/aromatic N) is 1. The van der Waals surface area contributed by atoms with Crippen LogP contribution in [0.15, 0.2) is 0 Å². The first-order chi connectivity index (χ1) is 8.72. The van der Waals surface area contributed by atoms with Gasteiger partial charge >= 0.3 is 0 Å². The van der Waals surface area contributed by atoms with Crippen LogP contribution in [0.5, 0.6) is 0 Å². The van der Waals surface area contributed by atoms with E-state index < -0.39 is 0 Å². The highest BCUT2D eigenvalue weighted by molar-refractivity contribution is 4.88. The van der Waals surface area contributed by atoms with Gasteiger partial charge in [0.05, 0.1) is 0 Å². The highest BCUT2D eigenvalue weighted by Crippen LogP contribution is 2.19. The summed E-state index contributed by atoms with van der Waals surface area (Å²) in [5, 5.41) is 3.72. The predicted octanol–water partition coefficient (Wildman–Crippen LogP) is 2.65. The van der Waals surface area contributed by atoms with Crippen molar-refractivity contribution >= 4 is 0 Å². The number of ether oxygens (including phenoxy) is 1. The summed E-state index contributed by atoms with van der Waals surface area (Å²) in [5.41, 5.74) is 0. The van der Waals surface area contributed by atoms with Gasteiger partial charge in [0.2, 0.25) is 0 Å². The number of rotatable bonds is 8. The standard InChI is InChI=1S/C15H32N2O/c1-5-7-14-12-17(13(3)9-10-18-4)15(8-6-2)11-16-14/h13-16H,5-12H2,1-4H3. The van der Waals surface area contributed by atoms with Gasteiger partial charge < -0.3 is 10.1 Å². The second-order valence-electron chi connectivity index (χ2n) is 5.66. The minimum atomic E-state index is 0.642. The van der Waals surface area contributed by atoms with E-state index in [1.165, 1.54) is 32.2 Å². The van der Waals surface area contributed by atoms with Crippen LogP contribution in [0.1, 0.15) is 52.9 Å². The van der Waals surface area contributed by atoms with Gasteiger partial charge in [-0.05, 0) is 26.2 Å². The van der Waals surface area contributed by atoms with E-state index in [1.807, 2.05) is 0 Å². The van der Waals surface area contributed by atoms with Gasteiger partial charge in [-0.1, -0.05) is 26.7 Å². The summed E-state index contributed by atoms with van der Waals surface area (Å²) in [7, 11) is 1.80. The number of nitrogens with one attached hydrogen (secondary N) is 1. The molecule has 1 saturated heterocycles. The maximum atomic E-state index is 5.23. The maximum Gasteiger partial charge on any atom is 0.0477 e. The molecule has 3 atom stereocenters. The molecule has 0 radical (unpaired) electrons. The van der Waals surface area contributed by atoms with E-state index in [0.29, 0.717) is 12.1 Å². The lowest BCUT2D eigenvalue weighted by Crippen LogP contribution is -2.59. The molecular formula is C15H32N2O. The van der Waals surface area contributed by atoms with Crippen molar-refractivity contribution in [2.75, 3.05) is 26.8 Å². The zero-order chi connectivity index (χ0) is 13.4. The molecule has 1 N–H and O–H groups in total. The SMILES string of the molecule is CCCC1CN(C(C)CCOC)C(CCC)CN1. The van der Waals surface area contributed by atoms with E-state index in [2.05, 4.69) is 31.0 Å². The molecule has 1 aliphatic heterocycles. The Hall–Kier alpha value is -0.120. The summed E-state index contributed by atoms with van der Waals surface area (Å²) in [6.45, 7) is 10.2. The molecule has 18 heavy (non-hydrogen) atoms. The average molecular weight is 256 g/mol. The number of hydrogen-bond donors (Lipinski definition) is 1. The molecule has 0 aliphatic carbocycles. The molecule has 0 amide bonds. The fourth-order valence-electron chi connectivity index (χ4n) is 3.03. The predicted molar refractivity (Wildman–Crippen MR) is 78.1 cm³/mol. The topological polar surface area (TPSA) is 24.5 Å². The van der Waals surface area contributed by atoms with Crippen LogP contribution in [-0.4, -0.2) is 49.8 Å². The van der Waals surface area contributed by atoms with Gasteiger partial charge in [0.25, 0.3) is 0 Å². The molecule has 1 rings (SSSR count). The van der Waals surface area contributed by atoms with Crippen LogP contribution < -0.4 is 5.32 Å². The minimum Gasteiger partial charge on any atom is -0.385 e. The summed E-state index contributed by atoms with van der Waals surface area (Å²) < 4.78 is 5.23. The van der Waals surface area contributed by atoms with Gasteiger partial charge in [-0.2, -0.15) is 0 Å². The Balaban J connectivity index is 2.53. The molecule has 0 aromatic rings. The molecule has 3 nitrogen and oxygen atoms in total. The normalized spacial score (nSPS) is 27.3. The van der Waals surface area contributed by atoms with Crippen molar-refractivity contribution in [3.8, 4) is 0 Å². The third-order valence-corrected chi connectivity index (χ3v) is 4.11. The Bertz CT molecular complexity index is 211. The van der Waals surface area contributed by atoms with Crippen LogP contribution >= 0.6 is 0 Å². The Labute approximate surface area is 113 Å². The Morgan fingerprint density at radius 2 is 2.00 bits per heavy atom. The molecule has 1 heterocycles. The third-order valence-electron chi connectivity index (χ3n) is 4.11. The zero-order valence-corrected chi connectivity index (χ0v) is 12.7. The minimum absolute atomic E-state index is 0.642. The summed E-state index contributed by atoms with van der Waals surface area (Å²) in [4.78, 5) is 2.72. The van der Waals surface area contributed by atoms with Crippen molar-refractivity contribution in [2.45, 2.75) is 71.0 Å². The van der Waals surface area contributed by atoms with E-state index in [1.54, 1.807) is 7.11 Å². The second kappa shape index (κ2) is 8.89. The van der Waals surface area contributed by atoms with Crippen LogP contribution in [0.2, 0.25) is 0 Å². The van der Waals surface area contributed by atoms with Crippen LogP contribution in [0.4, 0.5) is 0 Å². The molecule has 0 aromatic carbocycles. The fraction of sp³-hybridized carbons (Fsp3) is 1.00. The van der Waals surface area contributed by atoms with Gasteiger partial charge in [-0.25, -0.2) is 0 Å². The molecule has 1 fully saturated rings. The van der Waals surface area contributed by atoms with Crippen LogP contribution in [0.25, 0.3) is 0 Å². The average Bonchev–Trinajstić information content (AvgIpc) is 2.38. The van der Waals surface area contributed by atoms with Crippen LogP contribution in [0, 0.1) is 0 Å². The first-order valence-electron chi connectivity index (χ1n) is 7.70. The van der Waals surface area contributed by atoms with Crippen molar-refractivity contribution in [3.63, 3.8) is 0 Å². The van der Waals surface area contributed by atoms with Crippen molar-refractivity contribution in [3.05, 3.63) is 0 Å². The van der Waals surface area contributed by atoms with Gasteiger partial charge in [-0.15, -0.1) is 0 Å². The molecular weight excluding hydrogens is 224 g/mol. The van der Waals surface area contributed by atoms with E-state index in [9.17, 15) is 0 Å². The number of hydrogen-bond acceptors (Lipinski definition) is 3. The van der Waals surface area contributed by atoms with E-state index >= 15 is 0 Å². The first-order valence-corrected chi connectivity index (χ1v) is 7.70. The van der Waals surface area contributed by atoms with Crippen LogP contribution in [0.3, 0.4) is 0 Å². The Kier molecular flexibility index (Phi) is 7.87. The molecule has 3 unspecified atom stereocenters. The van der Waals surface area contributed by atoms with Crippen molar-refractivity contribution in [2.24, 2.45) is 0 Å². The lowest BCUT2D eigenvalue weighted by molar-refractivity contribution is 0.0616. The summed E-state index contributed by atoms with van der Waals surface area (Å²) in [6, 6.07) is 2.05. The summed E-state index contributed by atoms with van der Waals surface area (Å²) >= 11 is 0. The fourth-order valence-corrected chi connectivity index (χ4v) is 3.03. The number of methoxy groups -OCH3 is 1. The lowest BCUT2D eigenvalue weighted by Gasteiger charge is -2.44. The van der Waals surface area contributed by atoms with Crippen molar-refractivity contribution in [1.29, 1.82) is 0 Å². The Morgan fingerprint density at radius 1 is 1.28 bits per heavy atom. The third kappa shape index (κ3) is 4.87. The quantitative estimate of drug-likeness (QED) is 0.722. The number of piperazine rings is 1. The van der Waals surface area contributed by atoms with E-state index in [-0.39, 0.29) is 0 Å². The molecule has 108 valence electrons. The Morgan fingerprint density at radius 3 is 2.61 bits per heavy atom. The van der Waals surface area contributed by atoms with Gasteiger partial charge in [-0.3, -0.25) is 4.90 Å². The maximum absolute atomic E-state index is 5.23. The van der Waals surface area contributed by atoms with E-state index in [4.69, 9.17) is 4.74 Å². The highest BCUT2D eigenvalue weighted by atomic mass is 16.5. The van der Waals surface area contributed by atoms with Crippen molar-refractivity contribution in [1.82, 2.24) is 10.2 Å². The second-order valence-corrected chi connectivity index (χ2v) is 5.66. The zero-order valence-electron chi connectivity index (χ0n) is 12.7. The smallest absolute Gasteiger partial charge is 0.0477 e. The molecule has 0 bridgehead atoms. The molecule has 0 aromatic heterocycles. The monoisotopic (exact) mass is 256 g/mol. The first kappa shape index (κ1) is 15.9. The van der Waals surface area contributed by atoms with Gasteiger partial charge in [0.15, 0.2) is 0 Å². The molecule has 3 heteroatoms. The van der Waals surface area contributed by atoms with Crippen molar-refractivity contribution < 1.29 is 4.74 Å². The molecule has 0 spiro atoms.